The smallest absolute Gasteiger partial charge is 0.123 e. The number of hydrogen-bond acceptors (Lipinski definition) is 3. The Labute approximate surface area is 117 Å². The molecule has 0 bridgehead atoms. The second-order valence-corrected chi connectivity index (χ2v) is 7.06. The molecule has 4 heteroatoms. The van der Waals surface area contributed by atoms with E-state index in [0.29, 0.717) is 12.0 Å². The minimum absolute atomic E-state index is 0.387. The fraction of sp³-hybridized carbons (Fsp3) is 0.600. The van der Waals surface area contributed by atoms with E-state index < -0.39 is 10.8 Å². The van der Waals surface area contributed by atoms with Crippen molar-refractivity contribution in [3.8, 4) is 5.75 Å². The molecular formula is C15H21NO2S. The molecule has 19 heavy (non-hydrogen) atoms. The van der Waals surface area contributed by atoms with Crippen LogP contribution in [0.5, 0.6) is 5.75 Å². The SMILES string of the molecule is COc1cccc2c1C(C[C@H]1CCCN1C)CS2=O. The summed E-state index contributed by atoms with van der Waals surface area (Å²) in [6.45, 7) is 1.19. The molecule has 0 amide bonds. The minimum atomic E-state index is -0.849. The van der Waals surface area contributed by atoms with Gasteiger partial charge in [0.1, 0.15) is 5.75 Å². The highest BCUT2D eigenvalue weighted by atomic mass is 32.2. The zero-order valence-corrected chi connectivity index (χ0v) is 12.4. The highest BCUT2D eigenvalue weighted by molar-refractivity contribution is 7.85. The summed E-state index contributed by atoms with van der Waals surface area (Å²) in [6.07, 6.45) is 3.66. The van der Waals surface area contributed by atoms with E-state index in [2.05, 4.69) is 11.9 Å². The van der Waals surface area contributed by atoms with Crippen molar-refractivity contribution in [3.63, 3.8) is 0 Å². The maximum atomic E-state index is 12.2. The van der Waals surface area contributed by atoms with Gasteiger partial charge in [-0.15, -0.1) is 0 Å². The van der Waals surface area contributed by atoms with Crippen LogP contribution < -0.4 is 4.74 Å². The number of rotatable bonds is 3. The van der Waals surface area contributed by atoms with E-state index in [-0.39, 0.29) is 0 Å². The van der Waals surface area contributed by atoms with Crippen LogP contribution in [0, 0.1) is 0 Å². The van der Waals surface area contributed by atoms with Crippen molar-refractivity contribution >= 4 is 10.8 Å². The van der Waals surface area contributed by atoms with Crippen LogP contribution in [0.3, 0.4) is 0 Å². The molecule has 0 N–H and O–H groups in total. The Hall–Kier alpha value is -0.870. The molecule has 1 saturated heterocycles. The third kappa shape index (κ3) is 2.32. The largest absolute Gasteiger partial charge is 0.496 e. The number of benzene rings is 1. The second-order valence-electron chi connectivity index (χ2n) is 5.59. The molecule has 104 valence electrons. The topological polar surface area (TPSA) is 29.5 Å². The summed E-state index contributed by atoms with van der Waals surface area (Å²) in [4.78, 5) is 3.43. The molecule has 0 aliphatic carbocycles. The molecular weight excluding hydrogens is 258 g/mol. The van der Waals surface area contributed by atoms with Gasteiger partial charge in [0.05, 0.1) is 17.9 Å². The van der Waals surface area contributed by atoms with Crippen molar-refractivity contribution < 1.29 is 8.95 Å². The van der Waals surface area contributed by atoms with Gasteiger partial charge in [-0.25, -0.2) is 0 Å². The Balaban J connectivity index is 1.88. The van der Waals surface area contributed by atoms with Crippen molar-refractivity contribution in [2.45, 2.75) is 36.1 Å². The van der Waals surface area contributed by atoms with Gasteiger partial charge in [0.15, 0.2) is 0 Å². The summed E-state index contributed by atoms with van der Waals surface area (Å²) in [5.41, 5.74) is 1.20. The quantitative estimate of drug-likeness (QED) is 0.851. The summed E-state index contributed by atoms with van der Waals surface area (Å²) < 4.78 is 17.7. The third-order valence-electron chi connectivity index (χ3n) is 4.48. The first-order chi connectivity index (χ1) is 9.20. The number of nitrogens with zero attached hydrogens (tertiary/aromatic N) is 1. The first-order valence-electron chi connectivity index (χ1n) is 6.96. The predicted octanol–water partition coefficient (Wildman–Crippen LogP) is 2.38. The van der Waals surface area contributed by atoms with E-state index in [1.54, 1.807) is 7.11 Å². The number of hydrogen-bond donors (Lipinski definition) is 0. The summed E-state index contributed by atoms with van der Waals surface area (Å²) in [7, 11) is 3.06. The van der Waals surface area contributed by atoms with Gasteiger partial charge in [-0.2, -0.15) is 0 Å². The second kappa shape index (κ2) is 5.25. The first kappa shape index (κ1) is 13.1. The number of fused-ring (bicyclic) bond motifs is 1. The highest BCUT2D eigenvalue weighted by Crippen LogP contribution is 2.42. The maximum Gasteiger partial charge on any atom is 0.123 e. The van der Waals surface area contributed by atoms with Crippen LogP contribution in [0.2, 0.25) is 0 Å². The standard InChI is InChI=1S/C15H21NO2S/c1-16-8-4-5-12(16)9-11-10-19(17)14-7-3-6-13(18-2)15(11)14/h3,6-7,11-12H,4-5,8-10H2,1-2H3/t11?,12-,19?/m1/s1. The van der Waals surface area contributed by atoms with Gasteiger partial charge in [0.25, 0.3) is 0 Å². The Kier molecular flexibility index (Phi) is 3.63. The molecule has 2 unspecified atom stereocenters. The van der Waals surface area contributed by atoms with E-state index >= 15 is 0 Å². The summed E-state index contributed by atoms with van der Waals surface area (Å²) >= 11 is 0. The molecule has 2 heterocycles. The third-order valence-corrected chi connectivity index (χ3v) is 6.03. The Morgan fingerprint density at radius 3 is 3.00 bits per heavy atom. The van der Waals surface area contributed by atoms with Gasteiger partial charge >= 0.3 is 0 Å². The van der Waals surface area contributed by atoms with Crippen molar-refractivity contribution in [2.24, 2.45) is 0 Å². The van der Waals surface area contributed by atoms with Crippen molar-refractivity contribution in [1.82, 2.24) is 4.90 Å². The molecule has 1 aromatic carbocycles. The highest BCUT2D eigenvalue weighted by Gasteiger charge is 2.34. The normalized spacial score (nSPS) is 30.5. The number of ether oxygens (including phenoxy) is 1. The zero-order valence-electron chi connectivity index (χ0n) is 11.6. The molecule has 0 spiro atoms. The summed E-state index contributed by atoms with van der Waals surface area (Å²) in [5.74, 6) is 2.06. The monoisotopic (exact) mass is 279 g/mol. The van der Waals surface area contributed by atoms with Crippen molar-refractivity contribution in [1.29, 1.82) is 0 Å². The van der Waals surface area contributed by atoms with Crippen LogP contribution >= 0.6 is 0 Å². The van der Waals surface area contributed by atoms with Gasteiger partial charge in [-0.1, -0.05) is 6.07 Å². The van der Waals surface area contributed by atoms with Gasteiger partial charge in [-0.3, -0.25) is 4.21 Å². The van der Waals surface area contributed by atoms with Gasteiger partial charge in [0, 0.05) is 28.2 Å². The molecule has 2 aliphatic heterocycles. The Morgan fingerprint density at radius 2 is 2.32 bits per heavy atom. The van der Waals surface area contributed by atoms with E-state index in [4.69, 9.17) is 4.74 Å². The summed E-state index contributed by atoms with van der Waals surface area (Å²) in [5, 5.41) is 0. The Morgan fingerprint density at radius 1 is 1.47 bits per heavy atom. The van der Waals surface area contributed by atoms with E-state index in [1.165, 1.54) is 24.9 Å². The van der Waals surface area contributed by atoms with E-state index in [9.17, 15) is 4.21 Å². The van der Waals surface area contributed by atoms with E-state index in [1.807, 2.05) is 18.2 Å². The molecule has 3 rings (SSSR count). The van der Waals surface area contributed by atoms with E-state index in [0.717, 1.165) is 22.8 Å². The molecule has 3 nitrogen and oxygen atoms in total. The molecule has 0 saturated carbocycles. The lowest BCUT2D eigenvalue weighted by Crippen LogP contribution is -2.27. The molecule has 1 fully saturated rings. The first-order valence-corrected chi connectivity index (χ1v) is 8.28. The average molecular weight is 279 g/mol. The molecule has 0 radical (unpaired) electrons. The fourth-order valence-corrected chi connectivity index (χ4v) is 5.04. The summed E-state index contributed by atoms with van der Waals surface area (Å²) in [6, 6.07) is 6.57. The molecule has 1 aromatic rings. The van der Waals surface area contributed by atoms with Crippen LogP contribution in [0.4, 0.5) is 0 Å². The van der Waals surface area contributed by atoms with Crippen molar-refractivity contribution in [3.05, 3.63) is 23.8 Å². The lowest BCUT2D eigenvalue weighted by molar-refractivity contribution is 0.284. The van der Waals surface area contributed by atoms with Crippen LogP contribution in [0.1, 0.15) is 30.7 Å². The van der Waals surface area contributed by atoms with Crippen molar-refractivity contribution in [2.75, 3.05) is 26.5 Å². The van der Waals surface area contributed by atoms with Crippen LogP contribution in [0.15, 0.2) is 23.1 Å². The van der Waals surface area contributed by atoms with Gasteiger partial charge in [0.2, 0.25) is 0 Å². The Bertz CT molecular complexity index is 503. The lowest BCUT2D eigenvalue weighted by atomic mass is 9.92. The number of methoxy groups -OCH3 is 1. The average Bonchev–Trinajstić information content (AvgIpc) is 2.95. The predicted molar refractivity (Wildman–Crippen MR) is 77.3 cm³/mol. The maximum absolute atomic E-state index is 12.2. The fourth-order valence-electron chi connectivity index (χ4n) is 3.45. The molecule has 0 aromatic heterocycles. The number of likely N-dealkylation sites (tertiary alicyclic amines) is 1. The van der Waals surface area contributed by atoms with Crippen LogP contribution in [0.25, 0.3) is 0 Å². The van der Waals surface area contributed by atoms with Gasteiger partial charge in [-0.05, 0) is 45.0 Å². The zero-order chi connectivity index (χ0) is 13.4. The molecule has 2 aliphatic rings. The minimum Gasteiger partial charge on any atom is -0.496 e. The van der Waals surface area contributed by atoms with Crippen LogP contribution in [-0.2, 0) is 10.8 Å². The molecule has 3 atom stereocenters. The van der Waals surface area contributed by atoms with Crippen LogP contribution in [-0.4, -0.2) is 41.6 Å². The lowest BCUT2D eigenvalue weighted by Gasteiger charge is -2.23. The van der Waals surface area contributed by atoms with Gasteiger partial charge < -0.3 is 9.64 Å².